The second-order valence-electron chi connectivity index (χ2n) is 15.3. The van der Waals surface area contributed by atoms with Crippen molar-refractivity contribution < 1.29 is 76.1 Å². The van der Waals surface area contributed by atoms with E-state index in [0.29, 0.717) is 72.4 Å². The Bertz CT molecular complexity index is 2320. The third kappa shape index (κ3) is 14.5. The Labute approximate surface area is 412 Å². The molecule has 0 saturated carbocycles. The first-order chi connectivity index (χ1) is 30.7. The number of aliphatic hydroxyl groups excluding tert-OH is 1. The molecule has 4 aliphatic heterocycles. The Kier molecular flexibility index (Phi) is 20.3. The van der Waals surface area contributed by atoms with E-state index in [-0.39, 0.29) is 55.3 Å². The van der Waals surface area contributed by atoms with Crippen molar-refractivity contribution in [1.29, 1.82) is 0 Å². The molecule has 3 atom stereocenters. The first kappa shape index (κ1) is 52.6. The van der Waals surface area contributed by atoms with Crippen LogP contribution in [-0.4, -0.2) is 106 Å². The fraction of sp³-hybridized carbons (Fsp3) is 0.370. The molecule has 5 heterocycles. The maximum atomic E-state index is 13.4. The minimum atomic E-state index is -1.04. The summed E-state index contributed by atoms with van der Waals surface area (Å²) in [4.78, 5) is 57.1. The van der Waals surface area contributed by atoms with Crippen LogP contribution < -0.4 is 14.2 Å². The van der Waals surface area contributed by atoms with Gasteiger partial charge in [-0.15, -0.1) is 5.69 Å². The molecule has 16 nitrogen and oxygen atoms in total. The molecule has 2 amide bonds. The predicted octanol–water partition coefficient (Wildman–Crippen LogP) is 8.83. The van der Waals surface area contributed by atoms with Crippen LogP contribution in [0.3, 0.4) is 0 Å². The zero-order valence-corrected chi connectivity index (χ0v) is 41.8. The number of aliphatic imine (C=N–C) groups is 1. The summed E-state index contributed by atoms with van der Waals surface area (Å²) in [5.41, 5.74) is 4.71. The molecule has 0 fully saturated rings. The summed E-state index contributed by atoms with van der Waals surface area (Å²) in [5, 5.41) is 25.1. The van der Waals surface area contributed by atoms with Gasteiger partial charge >= 0.3 is 0 Å². The molecule has 65 heavy (non-hydrogen) atoms. The molecule has 3 aromatic rings. The average Bonchev–Trinajstić information content (AvgIpc) is 3.84. The molecule has 0 spiro atoms. The van der Waals surface area contributed by atoms with Gasteiger partial charge in [0.25, 0.3) is 11.8 Å². The molecule has 7 rings (SSSR count). The number of allylic oxidation sites excluding steroid dienone is 4. The van der Waals surface area contributed by atoms with Crippen LogP contribution >= 0.6 is 21.6 Å². The monoisotopic (exact) mass is 1000 g/mol. The van der Waals surface area contributed by atoms with Crippen molar-refractivity contribution in [3.63, 3.8) is 0 Å². The molecular weight excluding hydrogens is 950 g/mol. The Morgan fingerprint density at radius 1 is 0.985 bits per heavy atom. The number of benzene rings is 2. The standard InChI is InChI=1S/C35H38N4O6.C10H12NO2S2.CH3NO2.Y/c1-5-8-22-13-24-18-36-27-16-32(31(43-4)15-26(27)34(41)38(24)19-22)45-11-7-10-44-30-17-28-25(12-21(30)3)35(42)39-20-23(9-6-2)14-29(39)33(40)37-28;1-10(2,7-13-8-12)15-14-9-5-3-4-6-11-9;1-2(3)4;/h5-6,8-9,12,15-20,24,29,33,40H,7,10-11,13-14H2,1-4H3,(H,37,42);3-6H,7H2,1-2H3;1H3;/q;-1;;/p-1/b8-5+,9-6+;;;/t24-,29-,33?;;;/m0.../s1. The predicted molar refractivity (Wildman–Crippen MR) is 248 cm³/mol. The number of aliphatic hydroxyl groups is 1. The van der Waals surface area contributed by atoms with Gasteiger partial charge in [-0.1, -0.05) is 47.6 Å². The maximum Gasteiger partial charge on any atom is 0.260 e. The van der Waals surface area contributed by atoms with Gasteiger partial charge in [-0.05, 0) is 105 Å². The molecule has 343 valence electrons. The zero-order chi connectivity index (χ0) is 46.4. The molecule has 1 aromatic heterocycles. The molecule has 1 unspecified atom stereocenters. The minimum absolute atomic E-state index is 0. The Hall–Kier alpha value is -5.01. The van der Waals surface area contributed by atoms with Crippen molar-refractivity contribution in [1.82, 2.24) is 14.8 Å². The van der Waals surface area contributed by atoms with Crippen LogP contribution in [0, 0.1) is 17.0 Å². The number of hydrogen-bond acceptors (Lipinski definition) is 14. The summed E-state index contributed by atoms with van der Waals surface area (Å²) in [7, 11) is 5.63. The van der Waals surface area contributed by atoms with Crippen LogP contribution in [0.4, 0.5) is 11.4 Å². The zero-order valence-electron chi connectivity index (χ0n) is 37.3. The second-order valence-corrected chi connectivity index (χ2v) is 18.2. The number of nitrogens with zero attached hydrogens (tertiary/aromatic N) is 6. The van der Waals surface area contributed by atoms with Gasteiger partial charge in [-0.2, -0.15) is 0 Å². The number of fused-ring (bicyclic) bond motifs is 4. The SMILES string of the molecule is C/C=C/C1=CN2C(=O)c3cc(OC)c(OCCCOc4cc5c(cc4C)C(=O)N4C=C(/C=C/C)C[C@H]4C(O)[N-]5)cc3N=C[C@@H]2C1.CC(C)(CO[C-]=O)SSc1ccccn1.C[N+](=O)[O-].[Y]. The van der Waals surface area contributed by atoms with E-state index in [9.17, 15) is 19.5 Å². The van der Waals surface area contributed by atoms with Gasteiger partial charge < -0.3 is 44.0 Å². The molecule has 19 heteroatoms. The van der Waals surface area contributed by atoms with Gasteiger partial charge in [-0.3, -0.25) is 24.7 Å². The van der Waals surface area contributed by atoms with E-state index in [1.165, 1.54) is 6.47 Å². The van der Waals surface area contributed by atoms with Gasteiger partial charge in [0.2, 0.25) is 0 Å². The van der Waals surface area contributed by atoms with Crippen LogP contribution in [0.15, 0.2) is 107 Å². The maximum absolute atomic E-state index is 13.4. The quantitative estimate of drug-likeness (QED) is 0.0499. The van der Waals surface area contributed by atoms with Crippen molar-refractivity contribution in [2.45, 2.75) is 82.0 Å². The van der Waals surface area contributed by atoms with E-state index in [2.05, 4.69) is 20.0 Å². The number of carbonyl (C=O) groups is 2. The van der Waals surface area contributed by atoms with Gasteiger partial charge in [0.05, 0.1) is 55.0 Å². The fourth-order valence-corrected chi connectivity index (χ4v) is 8.89. The van der Waals surface area contributed by atoms with Gasteiger partial charge in [0, 0.05) is 86.7 Å². The Balaban J connectivity index is 0.000000387. The smallest absolute Gasteiger partial charge is 0.260 e. The summed E-state index contributed by atoms with van der Waals surface area (Å²) < 4.78 is 22.2. The first-order valence-corrected chi connectivity index (χ1v) is 22.5. The molecule has 0 bridgehead atoms. The molecule has 0 saturated heterocycles. The van der Waals surface area contributed by atoms with Crippen molar-refractivity contribution >= 4 is 57.5 Å². The molecule has 4 aliphatic rings. The van der Waals surface area contributed by atoms with Crippen molar-refractivity contribution in [2.24, 2.45) is 4.99 Å². The number of ether oxygens (including phenoxy) is 4. The van der Waals surface area contributed by atoms with Gasteiger partial charge in [-0.25, -0.2) is 4.98 Å². The number of carbonyl (C=O) groups excluding carboxylic acids is 3. The summed E-state index contributed by atoms with van der Waals surface area (Å²) in [6, 6.07) is 12.1. The van der Waals surface area contributed by atoms with Crippen LogP contribution in [0.5, 0.6) is 17.2 Å². The van der Waals surface area contributed by atoms with Crippen molar-refractivity contribution in [3.8, 4) is 17.2 Å². The van der Waals surface area contributed by atoms with Gasteiger partial charge in [0.15, 0.2) is 18.5 Å². The largest absolute Gasteiger partial charge is 0.658 e. The molecule has 1 radical (unpaired) electrons. The fourth-order valence-electron chi connectivity index (χ4n) is 6.86. The van der Waals surface area contributed by atoms with E-state index >= 15 is 0 Å². The normalized spacial score (nSPS) is 18.1. The third-order valence-electron chi connectivity index (χ3n) is 9.75. The summed E-state index contributed by atoms with van der Waals surface area (Å²) in [5.74, 6) is 1.22. The molecule has 2 aromatic carbocycles. The number of methoxy groups -OCH3 is 1. The molecule has 0 aliphatic carbocycles. The Morgan fingerprint density at radius 3 is 2.29 bits per heavy atom. The number of aromatic nitrogens is 1. The van der Waals surface area contributed by atoms with Crippen molar-refractivity contribution in [3.05, 3.63) is 129 Å². The van der Waals surface area contributed by atoms with Crippen LogP contribution in [0.2, 0.25) is 0 Å². The molecular formula is C46H52N6O10S2Y-2. The number of aryl methyl sites for hydroxylation is 1. The van der Waals surface area contributed by atoms with E-state index in [4.69, 9.17) is 24.3 Å². The second kappa shape index (κ2) is 25.1. The number of amides is 2. The number of pyridine rings is 1. The van der Waals surface area contributed by atoms with E-state index in [0.717, 1.165) is 35.2 Å². The van der Waals surface area contributed by atoms with Crippen LogP contribution in [0.1, 0.15) is 73.2 Å². The van der Waals surface area contributed by atoms with E-state index in [1.807, 2.05) is 89.5 Å². The minimum Gasteiger partial charge on any atom is -0.658 e. The first-order valence-electron chi connectivity index (χ1n) is 20.4. The number of rotatable bonds is 15. The van der Waals surface area contributed by atoms with E-state index in [1.54, 1.807) is 75.2 Å². The van der Waals surface area contributed by atoms with Crippen LogP contribution in [0.25, 0.3) is 5.32 Å². The van der Waals surface area contributed by atoms with Crippen LogP contribution in [-0.2, 0) is 42.2 Å². The Morgan fingerprint density at radius 2 is 1.65 bits per heavy atom. The third-order valence-corrected chi connectivity index (χ3v) is 12.9. The summed E-state index contributed by atoms with van der Waals surface area (Å²) in [6.45, 7) is 12.2. The topological polar surface area (TPSA) is 197 Å². The number of hydrogen-bond donors (Lipinski definition) is 1. The summed E-state index contributed by atoms with van der Waals surface area (Å²) in [6.07, 6.45) is 15.9. The molecule has 1 N–H and O–H groups in total. The number of nitro groups is 1. The van der Waals surface area contributed by atoms with Crippen molar-refractivity contribution in [2.75, 3.05) is 34.0 Å². The average molecular weight is 1000 g/mol. The van der Waals surface area contributed by atoms with Gasteiger partial charge in [0.1, 0.15) is 10.8 Å². The summed E-state index contributed by atoms with van der Waals surface area (Å²) >= 11 is 0. The van der Waals surface area contributed by atoms with E-state index < -0.39 is 17.2 Å².